The lowest BCUT2D eigenvalue weighted by Crippen LogP contribution is -2.20. The summed E-state index contributed by atoms with van der Waals surface area (Å²) in [6.07, 6.45) is -4.63. The molecule has 2 aromatic rings. The molecule has 0 unspecified atom stereocenters. The van der Waals surface area contributed by atoms with E-state index in [1.807, 2.05) is 0 Å². The van der Waals surface area contributed by atoms with Crippen LogP contribution in [-0.4, -0.2) is 27.6 Å². The second-order valence-electron chi connectivity index (χ2n) is 4.00. The molecular weight excluding hydrogens is 341 g/mol. The molecule has 2 rings (SSSR count). The third kappa shape index (κ3) is 4.60. The fourth-order valence-electron chi connectivity index (χ4n) is 1.36. The molecule has 0 radical (unpaired) electrons. The first kappa shape index (κ1) is 16.6. The average molecular weight is 348 g/mol. The van der Waals surface area contributed by atoms with Crippen LogP contribution in [-0.2, 0) is 11.0 Å². The molecule has 0 saturated heterocycles. The Hall–Kier alpha value is -2.76. The van der Waals surface area contributed by atoms with E-state index < -0.39 is 28.6 Å². The lowest BCUT2D eigenvalue weighted by molar-refractivity contribution is -0.384. The summed E-state index contributed by atoms with van der Waals surface area (Å²) in [7, 11) is 0. The number of carbonyl (C=O) groups excluding carboxylic acids is 1. The molecule has 0 atom stereocenters. The lowest BCUT2D eigenvalue weighted by atomic mass is 10.3. The number of aromatic nitrogens is 2. The van der Waals surface area contributed by atoms with Crippen LogP contribution in [0.4, 0.5) is 24.0 Å². The van der Waals surface area contributed by atoms with Crippen LogP contribution in [0.2, 0.25) is 0 Å². The number of nitro benzene ring substituents is 1. The van der Waals surface area contributed by atoms with E-state index in [9.17, 15) is 28.1 Å². The van der Waals surface area contributed by atoms with Crippen molar-refractivity contribution < 1.29 is 27.6 Å². The summed E-state index contributed by atoms with van der Waals surface area (Å²) in [5.74, 6) is -0.549. The van der Waals surface area contributed by atoms with Crippen LogP contribution in [0.25, 0.3) is 0 Å². The van der Waals surface area contributed by atoms with Crippen LogP contribution in [0, 0.1) is 10.1 Å². The molecule has 0 aliphatic heterocycles. The molecule has 12 heteroatoms. The van der Waals surface area contributed by atoms with Crippen LogP contribution in [0.3, 0.4) is 0 Å². The number of halogens is 3. The van der Waals surface area contributed by atoms with E-state index in [1.165, 1.54) is 24.3 Å². The number of non-ortho nitro benzene ring substituents is 1. The molecule has 0 aliphatic carbocycles. The first-order chi connectivity index (χ1) is 10.8. The number of rotatable bonds is 5. The minimum atomic E-state index is -4.63. The second kappa shape index (κ2) is 6.56. The number of nitro groups is 1. The Morgan fingerprint density at radius 1 is 1.30 bits per heavy atom. The van der Waals surface area contributed by atoms with Gasteiger partial charge in [-0.1, -0.05) is 11.3 Å². The molecule has 23 heavy (non-hydrogen) atoms. The predicted octanol–water partition coefficient (Wildman–Crippen LogP) is 2.48. The van der Waals surface area contributed by atoms with Gasteiger partial charge in [0, 0.05) is 12.1 Å². The number of ether oxygens (including phenoxy) is 1. The van der Waals surface area contributed by atoms with Crippen molar-refractivity contribution in [2.45, 2.75) is 6.18 Å². The minimum absolute atomic E-state index is 0.143. The Kier molecular flexibility index (Phi) is 4.74. The smallest absolute Gasteiger partial charge is 0.445 e. The van der Waals surface area contributed by atoms with Gasteiger partial charge in [0.25, 0.3) is 11.6 Å². The topological polar surface area (TPSA) is 107 Å². The molecule has 1 N–H and O–H groups in total. The summed E-state index contributed by atoms with van der Waals surface area (Å²) in [4.78, 5) is 21.4. The van der Waals surface area contributed by atoms with Gasteiger partial charge < -0.3 is 4.74 Å². The standard InChI is InChI=1S/C11H7F3N4O4S/c12-11(13,14)9-16-17-10(23-9)15-8(19)5-22-7-3-1-6(2-4-7)18(20)21/h1-4H,5H2,(H,15,17,19). The zero-order chi connectivity index (χ0) is 17.0. The molecule has 0 saturated carbocycles. The average Bonchev–Trinajstić information content (AvgIpc) is 2.94. The summed E-state index contributed by atoms with van der Waals surface area (Å²) in [6, 6.07) is 4.96. The van der Waals surface area contributed by atoms with Gasteiger partial charge in [0.1, 0.15) is 5.75 Å². The SMILES string of the molecule is O=C(COc1ccc([N+](=O)[O-])cc1)Nc1nnc(C(F)(F)F)s1. The molecule has 8 nitrogen and oxygen atoms in total. The quantitative estimate of drug-likeness (QED) is 0.657. The Labute approximate surface area is 130 Å². The maximum absolute atomic E-state index is 12.3. The van der Waals surface area contributed by atoms with E-state index in [2.05, 4.69) is 15.5 Å². The molecule has 0 aliphatic rings. The Morgan fingerprint density at radius 2 is 1.96 bits per heavy atom. The molecule has 0 fully saturated rings. The van der Waals surface area contributed by atoms with E-state index in [-0.39, 0.29) is 27.9 Å². The van der Waals surface area contributed by atoms with Crippen molar-refractivity contribution in [2.24, 2.45) is 0 Å². The van der Waals surface area contributed by atoms with Gasteiger partial charge in [-0.25, -0.2) is 0 Å². The molecule has 122 valence electrons. The first-order valence-corrected chi connectivity index (χ1v) is 6.65. The van der Waals surface area contributed by atoms with Crippen molar-refractivity contribution in [2.75, 3.05) is 11.9 Å². The predicted molar refractivity (Wildman–Crippen MR) is 72.1 cm³/mol. The first-order valence-electron chi connectivity index (χ1n) is 5.83. The minimum Gasteiger partial charge on any atom is -0.484 e. The zero-order valence-corrected chi connectivity index (χ0v) is 11.8. The highest BCUT2D eigenvalue weighted by atomic mass is 32.1. The summed E-state index contributed by atoms with van der Waals surface area (Å²) in [5, 5.41) is 17.2. The number of carbonyl (C=O) groups is 1. The number of nitrogens with zero attached hydrogens (tertiary/aromatic N) is 3. The third-order valence-electron chi connectivity index (χ3n) is 2.33. The van der Waals surface area contributed by atoms with Crippen LogP contribution in [0.15, 0.2) is 24.3 Å². The maximum Gasteiger partial charge on any atom is 0.445 e. The maximum atomic E-state index is 12.3. The highest BCUT2D eigenvalue weighted by molar-refractivity contribution is 7.15. The van der Waals surface area contributed by atoms with E-state index >= 15 is 0 Å². The van der Waals surface area contributed by atoms with Gasteiger partial charge in [0.05, 0.1) is 4.92 Å². The van der Waals surface area contributed by atoms with Gasteiger partial charge in [-0.15, -0.1) is 10.2 Å². The molecule has 1 aromatic heterocycles. The summed E-state index contributed by atoms with van der Waals surface area (Å²) >= 11 is 0.185. The molecule has 0 bridgehead atoms. The molecule has 1 heterocycles. The normalized spacial score (nSPS) is 11.1. The highest BCUT2D eigenvalue weighted by Gasteiger charge is 2.35. The second-order valence-corrected chi connectivity index (χ2v) is 4.98. The summed E-state index contributed by atoms with van der Waals surface area (Å²) in [5.41, 5.74) is -0.143. The van der Waals surface area contributed by atoms with Crippen molar-refractivity contribution >= 4 is 28.1 Å². The van der Waals surface area contributed by atoms with Crippen LogP contribution in [0.1, 0.15) is 5.01 Å². The number of alkyl halides is 3. The highest BCUT2D eigenvalue weighted by Crippen LogP contribution is 2.32. The Bertz CT molecular complexity index is 717. The molecule has 1 aromatic carbocycles. The van der Waals surface area contributed by atoms with Gasteiger partial charge >= 0.3 is 6.18 Å². The largest absolute Gasteiger partial charge is 0.484 e. The number of hydrogen-bond donors (Lipinski definition) is 1. The van der Waals surface area contributed by atoms with Crippen molar-refractivity contribution in [3.63, 3.8) is 0 Å². The zero-order valence-electron chi connectivity index (χ0n) is 11.0. The van der Waals surface area contributed by atoms with Crippen LogP contribution >= 0.6 is 11.3 Å². The van der Waals surface area contributed by atoms with E-state index in [0.29, 0.717) is 0 Å². The van der Waals surface area contributed by atoms with Gasteiger partial charge in [-0.3, -0.25) is 20.2 Å². The van der Waals surface area contributed by atoms with E-state index in [4.69, 9.17) is 4.74 Å². The van der Waals surface area contributed by atoms with Crippen molar-refractivity contribution in [1.29, 1.82) is 0 Å². The number of amides is 1. The number of nitrogens with one attached hydrogen (secondary N) is 1. The van der Waals surface area contributed by atoms with Gasteiger partial charge in [0.15, 0.2) is 6.61 Å². The fourth-order valence-corrected chi connectivity index (χ4v) is 1.98. The summed E-state index contributed by atoms with van der Waals surface area (Å²) < 4.78 is 42.0. The van der Waals surface area contributed by atoms with Gasteiger partial charge in [-0.2, -0.15) is 13.2 Å². The number of anilines is 1. The lowest BCUT2D eigenvalue weighted by Gasteiger charge is -2.05. The summed E-state index contributed by atoms with van der Waals surface area (Å²) in [6.45, 7) is -0.501. The third-order valence-corrected chi connectivity index (χ3v) is 3.21. The Balaban J connectivity index is 1.87. The van der Waals surface area contributed by atoms with Crippen LogP contribution < -0.4 is 10.1 Å². The van der Waals surface area contributed by atoms with Crippen molar-refractivity contribution in [3.8, 4) is 5.75 Å². The molecule has 0 spiro atoms. The van der Waals surface area contributed by atoms with Crippen LogP contribution in [0.5, 0.6) is 5.75 Å². The number of hydrogen-bond acceptors (Lipinski definition) is 7. The van der Waals surface area contributed by atoms with E-state index in [0.717, 1.165) is 0 Å². The van der Waals surface area contributed by atoms with Gasteiger partial charge in [0.2, 0.25) is 10.1 Å². The molecule has 1 amide bonds. The monoisotopic (exact) mass is 348 g/mol. The van der Waals surface area contributed by atoms with E-state index in [1.54, 1.807) is 0 Å². The Morgan fingerprint density at radius 3 is 2.48 bits per heavy atom. The molecular formula is C11H7F3N4O4S. The van der Waals surface area contributed by atoms with Crippen molar-refractivity contribution in [1.82, 2.24) is 10.2 Å². The fraction of sp³-hybridized carbons (Fsp3) is 0.182. The van der Waals surface area contributed by atoms with Gasteiger partial charge in [-0.05, 0) is 12.1 Å². The number of benzene rings is 1. The van der Waals surface area contributed by atoms with Crippen molar-refractivity contribution in [3.05, 3.63) is 39.4 Å².